The molecule has 0 saturated heterocycles. The van der Waals surface area contributed by atoms with Crippen molar-refractivity contribution in [2.75, 3.05) is 20.3 Å². The van der Waals surface area contributed by atoms with Crippen LogP contribution >= 0.6 is 0 Å². The Kier molecular flexibility index (Phi) is 3.95. The molecule has 104 valence electrons. The second kappa shape index (κ2) is 5.48. The maximum absolute atomic E-state index is 11.6. The number of ether oxygens (including phenoxy) is 3. The molecule has 19 heavy (non-hydrogen) atoms. The number of rotatable bonds is 4. The van der Waals surface area contributed by atoms with Gasteiger partial charge in [-0.1, -0.05) is 12.1 Å². The summed E-state index contributed by atoms with van der Waals surface area (Å²) in [6.07, 6.45) is 0. The van der Waals surface area contributed by atoms with Gasteiger partial charge in [0.2, 0.25) is 0 Å². The molecule has 0 atom stereocenters. The molecule has 0 saturated carbocycles. The number of fused-ring (bicyclic) bond motifs is 1. The summed E-state index contributed by atoms with van der Waals surface area (Å²) in [6.45, 7) is 5.19. The van der Waals surface area contributed by atoms with Gasteiger partial charge in [0.1, 0.15) is 18.8 Å². The van der Waals surface area contributed by atoms with Gasteiger partial charge in [-0.15, -0.1) is 0 Å². The molecule has 0 amide bonds. The van der Waals surface area contributed by atoms with Crippen LogP contribution in [0, 0.1) is 0 Å². The van der Waals surface area contributed by atoms with Gasteiger partial charge in [-0.05, 0) is 19.9 Å². The second-order valence-electron chi connectivity index (χ2n) is 4.91. The first kappa shape index (κ1) is 13.7. The molecule has 0 fully saturated rings. The number of nitrogens with one attached hydrogen (secondary N) is 1. The lowest BCUT2D eigenvalue weighted by atomic mass is 10.0. The average molecular weight is 265 g/mol. The number of hydrogen-bond donors (Lipinski definition) is 1. The Labute approximate surface area is 112 Å². The fourth-order valence-electron chi connectivity index (χ4n) is 1.92. The van der Waals surface area contributed by atoms with Gasteiger partial charge in [0, 0.05) is 12.1 Å². The molecule has 1 aromatic rings. The van der Waals surface area contributed by atoms with E-state index in [0.717, 1.165) is 17.1 Å². The number of carbonyl (C=O) groups is 1. The summed E-state index contributed by atoms with van der Waals surface area (Å²) in [7, 11) is 1.38. The molecule has 5 nitrogen and oxygen atoms in total. The Bertz CT molecular complexity index is 471. The summed E-state index contributed by atoms with van der Waals surface area (Å²) in [5, 5.41) is 3.17. The molecule has 0 aliphatic carbocycles. The van der Waals surface area contributed by atoms with Crippen LogP contribution in [0.4, 0.5) is 0 Å². The molecule has 1 N–H and O–H groups in total. The van der Waals surface area contributed by atoms with E-state index in [2.05, 4.69) is 5.32 Å². The lowest BCUT2D eigenvalue weighted by Gasteiger charge is -2.25. The summed E-state index contributed by atoms with van der Waals surface area (Å²) in [4.78, 5) is 11.6. The minimum absolute atomic E-state index is 0.297. The van der Waals surface area contributed by atoms with Gasteiger partial charge < -0.3 is 14.2 Å². The van der Waals surface area contributed by atoms with E-state index in [1.165, 1.54) is 7.11 Å². The number of methoxy groups -OCH3 is 1. The van der Waals surface area contributed by atoms with E-state index < -0.39 is 5.54 Å². The Morgan fingerprint density at radius 1 is 1.37 bits per heavy atom. The Balaban J connectivity index is 2.10. The van der Waals surface area contributed by atoms with Gasteiger partial charge >= 0.3 is 5.97 Å². The molecule has 2 rings (SSSR count). The summed E-state index contributed by atoms with van der Waals surface area (Å²) < 4.78 is 15.9. The van der Waals surface area contributed by atoms with Crippen molar-refractivity contribution < 1.29 is 19.0 Å². The summed E-state index contributed by atoms with van der Waals surface area (Å²) >= 11 is 0. The first-order chi connectivity index (χ1) is 9.04. The average Bonchev–Trinajstić information content (AvgIpc) is 2.44. The fourth-order valence-corrected chi connectivity index (χ4v) is 1.92. The second-order valence-corrected chi connectivity index (χ2v) is 4.91. The van der Waals surface area contributed by atoms with E-state index in [-0.39, 0.29) is 5.97 Å². The first-order valence-corrected chi connectivity index (χ1v) is 6.25. The monoisotopic (exact) mass is 265 g/mol. The maximum atomic E-state index is 11.6. The fraction of sp³-hybridized carbons (Fsp3) is 0.500. The van der Waals surface area contributed by atoms with Crippen LogP contribution in [0.2, 0.25) is 0 Å². The van der Waals surface area contributed by atoms with Gasteiger partial charge in [-0.25, -0.2) is 0 Å². The highest BCUT2D eigenvalue weighted by Gasteiger charge is 2.28. The molecule has 1 aliphatic heterocycles. The van der Waals surface area contributed by atoms with Crippen LogP contribution in [0.5, 0.6) is 11.5 Å². The third-order valence-corrected chi connectivity index (χ3v) is 3.06. The lowest BCUT2D eigenvalue weighted by Crippen LogP contribution is -2.47. The molecule has 0 bridgehead atoms. The largest absolute Gasteiger partial charge is 0.486 e. The van der Waals surface area contributed by atoms with E-state index in [1.807, 2.05) is 18.2 Å². The maximum Gasteiger partial charge on any atom is 0.325 e. The van der Waals surface area contributed by atoms with Crippen molar-refractivity contribution in [1.29, 1.82) is 0 Å². The third kappa shape index (κ3) is 2.98. The molecule has 0 aromatic heterocycles. The van der Waals surface area contributed by atoms with Crippen LogP contribution in [-0.2, 0) is 16.1 Å². The SMILES string of the molecule is COC(=O)C(C)(C)NCc1cccc2c1OCCO2. The Morgan fingerprint density at radius 2 is 2.11 bits per heavy atom. The van der Waals surface area contributed by atoms with Crippen LogP contribution in [0.25, 0.3) is 0 Å². The highest BCUT2D eigenvalue weighted by molar-refractivity contribution is 5.79. The summed E-state index contributed by atoms with van der Waals surface area (Å²) in [5.74, 6) is 1.21. The molecule has 1 heterocycles. The molecular weight excluding hydrogens is 246 g/mol. The highest BCUT2D eigenvalue weighted by atomic mass is 16.6. The summed E-state index contributed by atoms with van der Waals surface area (Å²) in [6, 6.07) is 5.74. The van der Waals surface area contributed by atoms with Gasteiger partial charge in [0.05, 0.1) is 7.11 Å². The number of esters is 1. The Hall–Kier alpha value is -1.75. The van der Waals surface area contributed by atoms with Gasteiger partial charge in [0.15, 0.2) is 11.5 Å². The van der Waals surface area contributed by atoms with Crippen LogP contribution in [-0.4, -0.2) is 31.8 Å². The number of benzene rings is 1. The zero-order valence-electron chi connectivity index (χ0n) is 11.5. The topological polar surface area (TPSA) is 56.8 Å². The molecule has 0 radical (unpaired) electrons. The minimum atomic E-state index is -0.743. The van der Waals surface area contributed by atoms with Crippen molar-refractivity contribution in [3.8, 4) is 11.5 Å². The van der Waals surface area contributed by atoms with Gasteiger partial charge in [0.25, 0.3) is 0 Å². The number of hydrogen-bond acceptors (Lipinski definition) is 5. The number of carbonyl (C=O) groups excluding carboxylic acids is 1. The smallest absolute Gasteiger partial charge is 0.325 e. The van der Waals surface area contributed by atoms with Crippen LogP contribution in [0.1, 0.15) is 19.4 Å². The summed E-state index contributed by atoms with van der Waals surface area (Å²) in [5.41, 5.74) is 0.224. The van der Waals surface area contributed by atoms with Gasteiger partial charge in [-0.2, -0.15) is 0 Å². The van der Waals surface area contributed by atoms with E-state index in [9.17, 15) is 4.79 Å². The molecule has 1 aliphatic rings. The molecule has 0 unspecified atom stereocenters. The molecule has 5 heteroatoms. The Morgan fingerprint density at radius 3 is 2.84 bits per heavy atom. The van der Waals surface area contributed by atoms with Crippen molar-refractivity contribution in [3.63, 3.8) is 0 Å². The van der Waals surface area contributed by atoms with Crippen molar-refractivity contribution in [2.45, 2.75) is 25.9 Å². The van der Waals surface area contributed by atoms with E-state index in [1.54, 1.807) is 13.8 Å². The molecular formula is C14H19NO4. The number of para-hydroxylation sites is 1. The highest BCUT2D eigenvalue weighted by Crippen LogP contribution is 2.33. The zero-order chi connectivity index (χ0) is 13.9. The lowest BCUT2D eigenvalue weighted by molar-refractivity contribution is -0.147. The molecule has 0 spiro atoms. The van der Waals surface area contributed by atoms with Crippen LogP contribution in [0.15, 0.2) is 18.2 Å². The quantitative estimate of drug-likeness (QED) is 0.836. The van der Waals surface area contributed by atoms with E-state index in [4.69, 9.17) is 14.2 Å². The first-order valence-electron chi connectivity index (χ1n) is 6.25. The predicted molar refractivity (Wildman–Crippen MR) is 70.4 cm³/mol. The van der Waals surface area contributed by atoms with Crippen molar-refractivity contribution >= 4 is 5.97 Å². The molecule has 1 aromatic carbocycles. The van der Waals surface area contributed by atoms with Gasteiger partial charge in [-0.3, -0.25) is 10.1 Å². The van der Waals surface area contributed by atoms with E-state index >= 15 is 0 Å². The van der Waals surface area contributed by atoms with Crippen LogP contribution < -0.4 is 14.8 Å². The van der Waals surface area contributed by atoms with Crippen LogP contribution in [0.3, 0.4) is 0 Å². The normalized spacial score (nSPS) is 14.1. The minimum Gasteiger partial charge on any atom is -0.486 e. The standard InChI is InChI=1S/C14H19NO4/c1-14(2,13(16)17-3)15-9-10-5-4-6-11-12(10)19-8-7-18-11/h4-6,15H,7-9H2,1-3H3. The van der Waals surface area contributed by atoms with Crippen molar-refractivity contribution in [2.24, 2.45) is 0 Å². The predicted octanol–water partition coefficient (Wildman–Crippen LogP) is 1.50. The van der Waals surface area contributed by atoms with Crippen molar-refractivity contribution in [1.82, 2.24) is 5.32 Å². The third-order valence-electron chi connectivity index (χ3n) is 3.06. The van der Waals surface area contributed by atoms with Crippen molar-refractivity contribution in [3.05, 3.63) is 23.8 Å². The van der Waals surface area contributed by atoms with E-state index in [0.29, 0.717) is 19.8 Å². The zero-order valence-corrected chi connectivity index (χ0v) is 11.5.